The lowest BCUT2D eigenvalue weighted by molar-refractivity contribution is -0.143. The number of rotatable bonds is 12. The summed E-state index contributed by atoms with van der Waals surface area (Å²) in [5.41, 5.74) is 8.04. The molecule has 0 aromatic heterocycles. The molecule has 8 nitrogen and oxygen atoms in total. The highest BCUT2D eigenvalue weighted by molar-refractivity contribution is 7.98. The van der Waals surface area contributed by atoms with Crippen LogP contribution in [0.2, 0.25) is 0 Å². The van der Waals surface area contributed by atoms with Crippen molar-refractivity contribution in [3.8, 4) is 0 Å². The van der Waals surface area contributed by atoms with Crippen LogP contribution in [0.1, 0.15) is 31.4 Å². The molecule has 5 N–H and O–H groups in total. The fourth-order valence-electron chi connectivity index (χ4n) is 3.84. The zero-order chi connectivity index (χ0) is 24.5. The Morgan fingerprint density at radius 2 is 1.91 bits per heavy atom. The van der Waals surface area contributed by atoms with Crippen molar-refractivity contribution in [2.75, 3.05) is 24.3 Å². The van der Waals surface area contributed by atoms with Gasteiger partial charge in [-0.3, -0.25) is 14.5 Å². The minimum Gasteiger partial charge on any atom is -0.480 e. The van der Waals surface area contributed by atoms with Crippen LogP contribution >= 0.6 is 24.4 Å². The fraction of sp³-hybridized carbons (Fsp3) is 0.609. The molecule has 0 saturated heterocycles. The Labute approximate surface area is 205 Å². The number of carbonyl (C=O) groups is 3. The van der Waals surface area contributed by atoms with Crippen molar-refractivity contribution in [2.45, 2.75) is 57.4 Å². The van der Waals surface area contributed by atoms with E-state index in [1.165, 1.54) is 0 Å². The van der Waals surface area contributed by atoms with Gasteiger partial charge in [-0.15, -0.1) is 0 Å². The smallest absolute Gasteiger partial charge is 0.326 e. The van der Waals surface area contributed by atoms with Crippen LogP contribution in [0.3, 0.4) is 0 Å². The molecule has 0 bridgehead atoms. The molecular formula is C23H36N4O4S2. The number of carbonyl (C=O) groups excluding carboxylic acids is 2. The molecule has 33 heavy (non-hydrogen) atoms. The van der Waals surface area contributed by atoms with Crippen molar-refractivity contribution in [3.05, 3.63) is 35.4 Å². The molecule has 1 unspecified atom stereocenters. The van der Waals surface area contributed by atoms with Crippen molar-refractivity contribution < 1.29 is 19.5 Å². The maximum absolute atomic E-state index is 13.3. The van der Waals surface area contributed by atoms with Crippen LogP contribution in [0.4, 0.5) is 0 Å². The van der Waals surface area contributed by atoms with E-state index in [2.05, 4.69) is 23.3 Å². The average Bonchev–Trinajstić information content (AvgIpc) is 2.79. The van der Waals surface area contributed by atoms with Gasteiger partial charge in [0, 0.05) is 24.9 Å². The number of benzene rings is 1. The van der Waals surface area contributed by atoms with Gasteiger partial charge in [0.2, 0.25) is 11.8 Å². The SMILES string of the molecule is CSCC[C@@H](NC(=O)[C@H]1Cc2ccccc2CN1CC(NC(=O)[C@@H](N)CS)C(C)C)C(=O)O. The molecule has 4 atom stereocenters. The Balaban J connectivity index is 2.24. The molecule has 0 fully saturated rings. The van der Waals surface area contributed by atoms with Gasteiger partial charge >= 0.3 is 5.97 Å². The molecule has 0 aliphatic carbocycles. The number of hydrogen-bond acceptors (Lipinski definition) is 7. The van der Waals surface area contributed by atoms with Gasteiger partial charge in [0.1, 0.15) is 6.04 Å². The first-order valence-electron chi connectivity index (χ1n) is 11.2. The lowest BCUT2D eigenvalue weighted by Crippen LogP contribution is -2.58. The highest BCUT2D eigenvalue weighted by Crippen LogP contribution is 2.25. The molecule has 10 heteroatoms. The fourth-order valence-corrected chi connectivity index (χ4v) is 4.47. The summed E-state index contributed by atoms with van der Waals surface area (Å²) in [5.74, 6) is -0.625. The number of carboxylic acid groups (broad SMARTS) is 1. The molecule has 1 aromatic rings. The predicted molar refractivity (Wildman–Crippen MR) is 136 cm³/mol. The quantitative estimate of drug-likeness (QED) is 0.275. The Morgan fingerprint density at radius 3 is 2.48 bits per heavy atom. The number of carboxylic acids is 1. The normalized spacial score (nSPS) is 18.8. The first-order valence-corrected chi connectivity index (χ1v) is 13.2. The minimum absolute atomic E-state index is 0.107. The van der Waals surface area contributed by atoms with Crippen molar-refractivity contribution in [1.82, 2.24) is 15.5 Å². The van der Waals surface area contributed by atoms with Crippen LogP contribution in [-0.4, -0.2) is 76.3 Å². The molecule has 1 aromatic carbocycles. The van der Waals surface area contributed by atoms with E-state index in [0.717, 1.165) is 11.1 Å². The number of thiol groups is 1. The lowest BCUT2D eigenvalue weighted by Gasteiger charge is -2.39. The predicted octanol–water partition coefficient (Wildman–Crippen LogP) is 1.13. The van der Waals surface area contributed by atoms with Crippen LogP contribution < -0.4 is 16.4 Å². The van der Waals surface area contributed by atoms with Crippen molar-refractivity contribution in [3.63, 3.8) is 0 Å². The molecule has 1 aliphatic heterocycles. The molecule has 184 valence electrons. The number of amides is 2. The third-order valence-corrected chi connectivity index (χ3v) is 7.01. The molecule has 1 heterocycles. The third kappa shape index (κ3) is 7.91. The van der Waals surface area contributed by atoms with Crippen LogP contribution in [0.5, 0.6) is 0 Å². The number of thioether (sulfide) groups is 1. The lowest BCUT2D eigenvalue weighted by atomic mass is 9.91. The second kappa shape index (κ2) is 13.2. The first kappa shape index (κ1) is 27.5. The summed E-state index contributed by atoms with van der Waals surface area (Å²) < 4.78 is 0. The number of aliphatic carboxylic acids is 1. The number of nitrogens with one attached hydrogen (secondary N) is 2. The van der Waals surface area contributed by atoms with Gasteiger partial charge in [0.05, 0.1) is 12.1 Å². The summed E-state index contributed by atoms with van der Waals surface area (Å²) >= 11 is 5.65. The zero-order valence-corrected chi connectivity index (χ0v) is 21.2. The molecule has 0 spiro atoms. The summed E-state index contributed by atoms with van der Waals surface area (Å²) in [4.78, 5) is 39.4. The third-order valence-electron chi connectivity index (χ3n) is 5.97. The van der Waals surface area contributed by atoms with E-state index in [1.54, 1.807) is 11.8 Å². The molecule has 2 rings (SSSR count). The maximum atomic E-state index is 13.3. The van der Waals surface area contributed by atoms with E-state index in [0.29, 0.717) is 31.7 Å². The number of fused-ring (bicyclic) bond motifs is 1. The van der Waals surface area contributed by atoms with E-state index < -0.39 is 24.1 Å². The van der Waals surface area contributed by atoms with Crippen LogP contribution in [-0.2, 0) is 27.3 Å². The number of nitrogens with two attached hydrogens (primary N) is 1. The van der Waals surface area contributed by atoms with Gasteiger partial charge in [0.15, 0.2) is 0 Å². The van der Waals surface area contributed by atoms with Crippen LogP contribution in [0, 0.1) is 5.92 Å². The Bertz CT molecular complexity index is 823. The summed E-state index contributed by atoms with van der Waals surface area (Å²) in [6.45, 7) is 4.99. The van der Waals surface area contributed by atoms with Crippen LogP contribution in [0.25, 0.3) is 0 Å². The molecule has 2 amide bonds. The second-order valence-corrected chi connectivity index (χ2v) is 10.1. The molecular weight excluding hydrogens is 460 g/mol. The van der Waals surface area contributed by atoms with Gasteiger partial charge in [-0.2, -0.15) is 24.4 Å². The standard InChI is InChI=1S/C23H36N4O4S2/c1-14(2)19(26-21(28)17(24)13-32)12-27-11-16-7-5-4-6-15(16)10-20(27)22(29)25-18(23(30)31)8-9-33-3/h4-7,14,17-20,32H,8-13,24H2,1-3H3,(H,25,29)(H,26,28)(H,30,31)/t17-,18+,19?,20+/m0/s1. The maximum Gasteiger partial charge on any atom is 0.326 e. The van der Waals surface area contributed by atoms with E-state index in [-0.39, 0.29) is 29.5 Å². The van der Waals surface area contributed by atoms with Crippen molar-refractivity contribution in [2.24, 2.45) is 11.7 Å². The minimum atomic E-state index is -1.03. The summed E-state index contributed by atoms with van der Waals surface area (Å²) in [6.07, 6.45) is 2.74. The Kier molecular flexibility index (Phi) is 11.0. The zero-order valence-electron chi connectivity index (χ0n) is 19.5. The first-order chi connectivity index (χ1) is 15.7. The Morgan fingerprint density at radius 1 is 1.24 bits per heavy atom. The number of hydrogen-bond donors (Lipinski definition) is 5. The van der Waals surface area contributed by atoms with Crippen LogP contribution in [0.15, 0.2) is 24.3 Å². The van der Waals surface area contributed by atoms with E-state index in [9.17, 15) is 19.5 Å². The van der Waals surface area contributed by atoms with Gasteiger partial charge in [-0.1, -0.05) is 38.1 Å². The van der Waals surface area contributed by atoms with Gasteiger partial charge < -0.3 is 21.5 Å². The van der Waals surface area contributed by atoms with E-state index in [4.69, 9.17) is 5.73 Å². The molecule has 1 aliphatic rings. The Hall–Kier alpha value is -1.75. The van der Waals surface area contributed by atoms with Crippen molar-refractivity contribution >= 4 is 42.2 Å². The van der Waals surface area contributed by atoms with Gasteiger partial charge in [-0.25, -0.2) is 4.79 Å². The highest BCUT2D eigenvalue weighted by Gasteiger charge is 2.35. The molecule has 0 radical (unpaired) electrons. The monoisotopic (exact) mass is 496 g/mol. The summed E-state index contributed by atoms with van der Waals surface area (Å²) in [6, 6.07) is 5.55. The summed E-state index contributed by atoms with van der Waals surface area (Å²) in [7, 11) is 0. The van der Waals surface area contributed by atoms with E-state index >= 15 is 0 Å². The topological polar surface area (TPSA) is 125 Å². The largest absolute Gasteiger partial charge is 0.480 e. The summed E-state index contributed by atoms with van der Waals surface area (Å²) in [5, 5.41) is 15.3. The number of nitrogens with zero attached hydrogens (tertiary/aromatic N) is 1. The van der Waals surface area contributed by atoms with Crippen molar-refractivity contribution in [1.29, 1.82) is 0 Å². The van der Waals surface area contributed by atoms with E-state index in [1.807, 2.05) is 49.3 Å². The molecule has 0 saturated carbocycles. The second-order valence-electron chi connectivity index (χ2n) is 8.75. The van der Waals surface area contributed by atoms with Gasteiger partial charge in [0.25, 0.3) is 0 Å². The highest BCUT2D eigenvalue weighted by atomic mass is 32.2. The van der Waals surface area contributed by atoms with Gasteiger partial charge in [-0.05, 0) is 41.9 Å². The average molecular weight is 497 g/mol.